The van der Waals surface area contributed by atoms with Crippen LogP contribution in [0.3, 0.4) is 0 Å². The van der Waals surface area contributed by atoms with Crippen LogP contribution in [0.15, 0.2) is 35.7 Å². The lowest BCUT2D eigenvalue weighted by Gasteiger charge is -2.26. The van der Waals surface area contributed by atoms with Gasteiger partial charge in [-0.2, -0.15) is 0 Å². The van der Waals surface area contributed by atoms with Gasteiger partial charge in [-0.3, -0.25) is 14.9 Å². The highest BCUT2D eigenvalue weighted by Gasteiger charge is 2.34. The summed E-state index contributed by atoms with van der Waals surface area (Å²) in [5, 5.41) is 5.14. The molecule has 24 heavy (non-hydrogen) atoms. The maximum Gasteiger partial charge on any atom is 0.257 e. The third-order valence-electron chi connectivity index (χ3n) is 3.93. The Kier molecular flexibility index (Phi) is 4.94. The molecule has 1 aliphatic rings. The van der Waals surface area contributed by atoms with Crippen molar-refractivity contribution in [3.8, 4) is 0 Å². The monoisotopic (exact) mass is 343 g/mol. The Morgan fingerprint density at radius 3 is 2.62 bits per heavy atom. The van der Waals surface area contributed by atoms with Gasteiger partial charge in [0.25, 0.3) is 5.91 Å². The quantitative estimate of drug-likeness (QED) is 0.875. The van der Waals surface area contributed by atoms with Gasteiger partial charge in [0.1, 0.15) is 0 Å². The zero-order valence-electron chi connectivity index (χ0n) is 13.9. The van der Waals surface area contributed by atoms with E-state index in [9.17, 15) is 9.59 Å². The normalized spacial score (nSPS) is 13.8. The Balaban J connectivity index is 1.61. The molecular formula is C18H21N3O2S. The third kappa shape index (κ3) is 4.00. The van der Waals surface area contributed by atoms with Crippen LogP contribution in [0.5, 0.6) is 0 Å². The van der Waals surface area contributed by atoms with E-state index in [0.717, 1.165) is 12.8 Å². The molecule has 126 valence electrons. The fourth-order valence-electron chi connectivity index (χ4n) is 2.72. The van der Waals surface area contributed by atoms with Crippen molar-refractivity contribution < 1.29 is 9.59 Å². The van der Waals surface area contributed by atoms with Gasteiger partial charge in [-0.25, -0.2) is 4.98 Å². The van der Waals surface area contributed by atoms with Gasteiger partial charge in [-0.1, -0.05) is 18.2 Å². The molecule has 1 saturated carbocycles. The van der Waals surface area contributed by atoms with Gasteiger partial charge in [-0.15, -0.1) is 11.3 Å². The van der Waals surface area contributed by atoms with E-state index in [1.807, 2.05) is 42.3 Å². The van der Waals surface area contributed by atoms with E-state index in [-0.39, 0.29) is 24.3 Å². The molecule has 6 heteroatoms. The van der Waals surface area contributed by atoms with Crippen LogP contribution in [0, 0.1) is 0 Å². The predicted molar refractivity (Wildman–Crippen MR) is 95.2 cm³/mol. The molecule has 1 aliphatic carbocycles. The van der Waals surface area contributed by atoms with Crippen LogP contribution in [0.1, 0.15) is 42.7 Å². The number of carbonyl (C=O) groups excluding carboxylic acids is 2. The largest absolute Gasteiger partial charge is 0.337 e. The van der Waals surface area contributed by atoms with E-state index in [1.165, 1.54) is 11.3 Å². The van der Waals surface area contributed by atoms with E-state index in [1.54, 1.807) is 12.1 Å². The lowest BCUT2D eigenvalue weighted by molar-refractivity contribution is -0.132. The lowest BCUT2D eigenvalue weighted by Crippen LogP contribution is -2.39. The predicted octanol–water partition coefficient (Wildman–Crippen LogP) is 3.34. The number of nitrogens with one attached hydrogen (secondary N) is 1. The highest BCUT2D eigenvalue weighted by Crippen LogP contribution is 2.29. The average molecular weight is 343 g/mol. The van der Waals surface area contributed by atoms with Crippen LogP contribution in [-0.4, -0.2) is 33.8 Å². The van der Waals surface area contributed by atoms with Crippen molar-refractivity contribution in [1.29, 1.82) is 0 Å². The van der Waals surface area contributed by atoms with Crippen LogP contribution in [-0.2, 0) is 11.2 Å². The van der Waals surface area contributed by atoms with Crippen molar-refractivity contribution >= 4 is 28.3 Å². The molecule has 0 saturated heterocycles. The second-order valence-electron chi connectivity index (χ2n) is 6.27. The molecule has 0 radical (unpaired) electrons. The number of carbonyl (C=O) groups is 2. The molecule has 1 aromatic heterocycles. The maximum atomic E-state index is 12.5. The molecule has 2 amide bonds. The summed E-state index contributed by atoms with van der Waals surface area (Å²) in [6, 6.07) is 9.62. The van der Waals surface area contributed by atoms with Gasteiger partial charge >= 0.3 is 0 Å². The number of hydrogen-bond acceptors (Lipinski definition) is 4. The first-order valence-corrected chi connectivity index (χ1v) is 9.04. The van der Waals surface area contributed by atoms with Gasteiger partial charge in [0.2, 0.25) is 5.91 Å². The summed E-state index contributed by atoms with van der Waals surface area (Å²) in [4.78, 5) is 30.9. The first kappa shape index (κ1) is 16.6. The van der Waals surface area contributed by atoms with E-state index in [0.29, 0.717) is 22.4 Å². The number of hydrogen-bond donors (Lipinski definition) is 1. The topological polar surface area (TPSA) is 62.3 Å². The third-order valence-corrected chi connectivity index (χ3v) is 4.73. The molecule has 2 aromatic rings. The van der Waals surface area contributed by atoms with Gasteiger partial charge in [0.05, 0.1) is 12.1 Å². The lowest BCUT2D eigenvalue weighted by atomic mass is 10.2. The summed E-state index contributed by atoms with van der Waals surface area (Å²) in [5.74, 6) is -0.0802. The summed E-state index contributed by atoms with van der Waals surface area (Å²) in [7, 11) is 0. The minimum absolute atomic E-state index is 0.110. The average Bonchev–Trinajstić information content (AvgIpc) is 3.28. The van der Waals surface area contributed by atoms with Gasteiger partial charge < -0.3 is 4.90 Å². The number of aromatic nitrogens is 1. The summed E-state index contributed by atoms with van der Waals surface area (Å²) in [6.07, 6.45) is 2.48. The van der Waals surface area contributed by atoms with Gasteiger partial charge in [0.15, 0.2) is 5.13 Å². The van der Waals surface area contributed by atoms with Crippen LogP contribution in [0.25, 0.3) is 0 Å². The van der Waals surface area contributed by atoms with Crippen molar-refractivity contribution in [2.24, 2.45) is 0 Å². The van der Waals surface area contributed by atoms with Crippen LogP contribution < -0.4 is 5.32 Å². The molecule has 3 rings (SSSR count). The zero-order valence-corrected chi connectivity index (χ0v) is 14.7. The minimum Gasteiger partial charge on any atom is -0.337 e. The number of rotatable bonds is 6. The zero-order chi connectivity index (χ0) is 17.1. The van der Waals surface area contributed by atoms with E-state index >= 15 is 0 Å². The summed E-state index contributed by atoms with van der Waals surface area (Å²) in [5.41, 5.74) is 1.30. The van der Waals surface area contributed by atoms with E-state index < -0.39 is 0 Å². The van der Waals surface area contributed by atoms with E-state index in [4.69, 9.17) is 0 Å². The fourth-order valence-corrected chi connectivity index (χ4v) is 3.42. The molecule has 1 aromatic carbocycles. The maximum absolute atomic E-state index is 12.5. The number of benzene rings is 1. The highest BCUT2D eigenvalue weighted by atomic mass is 32.1. The molecule has 1 N–H and O–H groups in total. The minimum atomic E-state index is -0.190. The Morgan fingerprint density at radius 2 is 2.00 bits per heavy atom. The Morgan fingerprint density at radius 1 is 1.29 bits per heavy atom. The molecule has 0 unspecified atom stereocenters. The van der Waals surface area contributed by atoms with E-state index in [2.05, 4.69) is 10.3 Å². The van der Waals surface area contributed by atoms with Gasteiger partial charge in [-0.05, 0) is 38.8 Å². The van der Waals surface area contributed by atoms with Crippen LogP contribution >= 0.6 is 11.3 Å². The van der Waals surface area contributed by atoms with Crippen molar-refractivity contribution in [2.75, 3.05) is 5.32 Å². The summed E-state index contributed by atoms with van der Waals surface area (Å²) < 4.78 is 0. The number of thiazole rings is 1. The highest BCUT2D eigenvalue weighted by molar-refractivity contribution is 7.14. The molecule has 0 bridgehead atoms. The van der Waals surface area contributed by atoms with Crippen molar-refractivity contribution in [1.82, 2.24) is 9.88 Å². The Bertz CT molecular complexity index is 721. The second-order valence-corrected chi connectivity index (χ2v) is 7.12. The first-order chi connectivity index (χ1) is 11.5. The molecule has 0 aliphatic heterocycles. The SMILES string of the molecule is CC(C)N(C(=O)Cc1csc(NC(=O)c2ccccc2)n1)C1CC1. The first-order valence-electron chi connectivity index (χ1n) is 8.16. The standard InChI is InChI=1S/C18H21N3O2S/c1-12(2)21(15-8-9-15)16(22)10-14-11-24-18(19-14)20-17(23)13-6-4-3-5-7-13/h3-7,11-12,15H,8-10H2,1-2H3,(H,19,20,23). The summed E-state index contributed by atoms with van der Waals surface area (Å²) >= 11 is 1.34. The molecule has 1 fully saturated rings. The molecule has 0 spiro atoms. The van der Waals surface area contributed by atoms with Crippen molar-refractivity contribution in [2.45, 2.75) is 45.2 Å². The van der Waals surface area contributed by atoms with Crippen LogP contribution in [0.4, 0.5) is 5.13 Å². The molecule has 5 nitrogen and oxygen atoms in total. The second kappa shape index (κ2) is 7.13. The molecule has 0 atom stereocenters. The Hall–Kier alpha value is -2.21. The Labute approximate surface area is 145 Å². The number of anilines is 1. The molecule has 1 heterocycles. The van der Waals surface area contributed by atoms with Crippen LogP contribution in [0.2, 0.25) is 0 Å². The van der Waals surface area contributed by atoms with Crippen molar-refractivity contribution in [3.63, 3.8) is 0 Å². The number of nitrogens with zero attached hydrogens (tertiary/aromatic N) is 2. The fraction of sp³-hybridized carbons (Fsp3) is 0.389. The summed E-state index contributed by atoms with van der Waals surface area (Å²) in [6.45, 7) is 4.09. The number of amides is 2. The molecular weight excluding hydrogens is 322 g/mol. The smallest absolute Gasteiger partial charge is 0.257 e. The van der Waals surface area contributed by atoms with Gasteiger partial charge in [0, 0.05) is 23.0 Å². The van der Waals surface area contributed by atoms with Crippen molar-refractivity contribution in [3.05, 3.63) is 47.0 Å².